The van der Waals surface area contributed by atoms with Crippen LogP contribution in [0.1, 0.15) is 22.7 Å². The smallest absolute Gasteiger partial charge is 0.310 e. The lowest BCUT2D eigenvalue weighted by Crippen LogP contribution is -2.31. The second-order valence-corrected chi connectivity index (χ2v) is 7.36. The molecular weight excluding hydrogens is 424 g/mol. The molecule has 3 aromatic carbocycles. The van der Waals surface area contributed by atoms with Gasteiger partial charge in [0.15, 0.2) is 17.2 Å². The Morgan fingerprint density at radius 2 is 1.58 bits per heavy atom. The van der Waals surface area contributed by atoms with Gasteiger partial charge < -0.3 is 19.5 Å². The van der Waals surface area contributed by atoms with Crippen molar-refractivity contribution in [3.63, 3.8) is 0 Å². The Hall–Kier alpha value is -4.07. The topological polar surface area (TPSA) is 99.9 Å². The molecule has 0 saturated carbocycles. The number of ether oxygens (including phenoxy) is 3. The number of nitrogens with zero attached hydrogens (tertiary/aromatic N) is 1. The maximum Gasteiger partial charge on any atom is 0.310 e. The Kier molecular flexibility index (Phi) is 7.86. The highest BCUT2D eigenvalue weighted by Gasteiger charge is 2.21. The zero-order valence-electron chi connectivity index (χ0n) is 18.7. The highest BCUT2D eigenvalue weighted by atomic mass is 16.6. The number of nitro benzene ring substituents is 1. The van der Waals surface area contributed by atoms with Crippen molar-refractivity contribution in [1.82, 2.24) is 5.32 Å². The molecule has 0 aromatic heterocycles. The van der Waals surface area contributed by atoms with Gasteiger partial charge in [-0.25, -0.2) is 0 Å². The van der Waals surface area contributed by atoms with Crippen molar-refractivity contribution in [3.05, 3.63) is 93.5 Å². The molecule has 0 fully saturated rings. The first-order valence-corrected chi connectivity index (χ1v) is 10.3. The first-order chi connectivity index (χ1) is 15.9. The van der Waals surface area contributed by atoms with Crippen molar-refractivity contribution in [2.45, 2.75) is 18.9 Å². The zero-order valence-corrected chi connectivity index (χ0v) is 18.7. The van der Waals surface area contributed by atoms with E-state index in [2.05, 4.69) is 5.32 Å². The van der Waals surface area contributed by atoms with E-state index in [4.69, 9.17) is 14.2 Å². The summed E-state index contributed by atoms with van der Waals surface area (Å²) >= 11 is 0. The first kappa shape index (κ1) is 23.6. The number of nitrogens with one attached hydrogen (secondary N) is 1. The van der Waals surface area contributed by atoms with Gasteiger partial charge in [0, 0.05) is 6.07 Å². The Morgan fingerprint density at radius 1 is 0.879 bits per heavy atom. The molecule has 0 radical (unpaired) electrons. The van der Waals surface area contributed by atoms with Crippen LogP contribution in [0.3, 0.4) is 0 Å². The predicted octanol–water partition coefficient (Wildman–Crippen LogP) is 4.26. The number of benzene rings is 3. The maximum absolute atomic E-state index is 12.9. The number of carbonyl (C=O) groups excluding carboxylic acids is 1. The molecule has 1 amide bonds. The van der Waals surface area contributed by atoms with Crippen LogP contribution in [0, 0.1) is 10.1 Å². The predicted molar refractivity (Wildman–Crippen MR) is 124 cm³/mol. The van der Waals surface area contributed by atoms with Gasteiger partial charge in [-0.1, -0.05) is 36.4 Å². The number of rotatable bonds is 10. The Balaban J connectivity index is 1.86. The highest BCUT2D eigenvalue weighted by molar-refractivity contribution is 5.79. The van der Waals surface area contributed by atoms with E-state index in [-0.39, 0.29) is 23.8 Å². The number of carbonyl (C=O) groups is 1. The summed E-state index contributed by atoms with van der Waals surface area (Å²) < 4.78 is 15.8. The number of amides is 1. The van der Waals surface area contributed by atoms with Gasteiger partial charge in [0.25, 0.3) is 0 Å². The summed E-state index contributed by atoms with van der Waals surface area (Å²) in [5, 5.41) is 14.3. The normalized spacial score (nSPS) is 11.4. The van der Waals surface area contributed by atoms with E-state index in [1.807, 2.05) is 36.4 Å². The van der Waals surface area contributed by atoms with Gasteiger partial charge in [-0.05, 0) is 47.4 Å². The van der Waals surface area contributed by atoms with Crippen LogP contribution >= 0.6 is 0 Å². The average molecular weight is 450 g/mol. The lowest BCUT2D eigenvalue weighted by Gasteiger charge is -2.20. The standard InChI is InChI=1S/C25H26N2O6/c1-31-22-12-9-18(14-24(22)33-3)15-25(28)26-20(13-17-7-5-4-6-8-17)19-10-11-21(27(29)30)23(16-19)32-2/h4-12,14,16,20H,13,15H2,1-3H3,(H,26,28). The van der Waals surface area contributed by atoms with Crippen molar-refractivity contribution in [1.29, 1.82) is 0 Å². The summed E-state index contributed by atoms with van der Waals surface area (Å²) in [6.45, 7) is 0. The van der Waals surface area contributed by atoms with Crippen LogP contribution in [0.25, 0.3) is 0 Å². The van der Waals surface area contributed by atoms with E-state index in [0.717, 1.165) is 11.1 Å². The molecule has 0 saturated heterocycles. The van der Waals surface area contributed by atoms with E-state index in [9.17, 15) is 14.9 Å². The van der Waals surface area contributed by atoms with E-state index >= 15 is 0 Å². The van der Waals surface area contributed by atoms with Gasteiger partial charge in [-0.3, -0.25) is 14.9 Å². The summed E-state index contributed by atoms with van der Waals surface area (Å²) in [6.07, 6.45) is 0.648. The van der Waals surface area contributed by atoms with Crippen molar-refractivity contribution >= 4 is 11.6 Å². The lowest BCUT2D eigenvalue weighted by atomic mass is 9.97. The van der Waals surface area contributed by atoms with Gasteiger partial charge >= 0.3 is 5.69 Å². The second-order valence-electron chi connectivity index (χ2n) is 7.36. The molecule has 0 heterocycles. The Labute approximate surface area is 192 Å². The average Bonchev–Trinajstić information content (AvgIpc) is 2.83. The fourth-order valence-corrected chi connectivity index (χ4v) is 3.59. The minimum absolute atomic E-state index is 0.128. The number of methoxy groups -OCH3 is 3. The summed E-state index contributed by atoms with van der Waals surface area (Å²) in [7, 11) is 4.48. The van der Waals surface area contributed by atoms with E-state index in [1.54, 1.807) is 38.5 Å². The third-order valence-electron chi connectivity index (χ3n) is 5.23. The molecule has 1 atom stereocenters. The molecule has 3 rings (SSSR count). The molecule has 172 valence electrons. The monoisotopic (exact) mass is 450 g/mol. The van der Waals surface area contributed by atoms with Crippen LogP contribution in [0.15, 0.2) is 66.7 Å². The molecule has 0 aliphatic rings. The lowest BCUT2D eigenvalue weighted by molar-refractivity contribution is -0.385. The van der Waals surface area contributed by atoms with Crippen LogP contribution in [0.4, 0.5) is 5.69 Å². The number of hydrogen-bond acceptors (Lipinski definition) is 6. The molecule has 0 aliphatic carbocycles. The molecule has 1 N–H and O–H groups in total. The quantitative estimate of drug-likeness (QED) is 0.366. The maximum atomic E-state index is 12.9. The van der Waals surface area contributed by atoms with Gasteiger partial charge in [-0.15, -0.1) is 0 Å². The molecule has 3 aromatic rings. The van der Waals surface area contributed by atoms with E-state index in [0.29, 0.717) is 23.5 Å². The molecule has 1 unspecified atom stereocenters. The Morgan fingerprint density at radius 3 is 2.21 bits per heavy atom. The SMILES string of the molecule is COc1ccc(CC(=O)NC(Cc2ccccc2)c2ccc([N+](=O)[O-])c(OC)c2)cc1OC. The van der Waals surface area contributed by atoms with Crippen LogP contribution in [0.2, 0.25) is 0 Å². The van der Waals surface area contributed by atoms with Gasteiger partial charge in [0.1, 0.15) is 0 Å². The minimum atomic E-state index is -0.496. The number of hydrogen-bond donors (Lipinski definition) is 1. The molecule has 8 heteroatoms. The van der Waals surface area contributed by atoms with E-state index < -0.39 is 11.0 Å². The summed E-state index contributed by atoms with van der Waals surface area (Å²) in [4.78, 5) is 23.7. The van der Waals surface area contributed by atoms with Crippen LogP contribution in [-0.4, -0.2) is 32.2 Å². The van der Waals surface area contributed by atoms with Crippen LogP contribution < -0.4 is 19.5 Å². The Bertz CT molecular complexity index is 1120. The molecular formula is C25H26N2O6. The zero-order chi connectivity index (χ0) is 23.8. The summed E-state index contributed by atoms with van der Waals surface area (Å²) in [6, 6.07) is 19.3. The van der Waals surface area contributed by atoms with Gasteiger partial charge in [-0.2, -0.15) is 0 Å². The molecule has 0 aliphatic heterocycles. The minimum Gasteiger partial charge on any atom is -0.493 e. The van der Waals surface area contributed by atoms with E-state index in [1.165, 1.54) is 13.2 Å². The number of nitro groups is 1. The first-order valence-electron chi connectivity index (χ1n) is 10.3. The molecule has 33 heavy (non-hydrogen) atoms. The highest BCUT2D eigenvalue weighted by Crippen LogP contribution is 2.31. The van der Waals surface area contributed by atoms with Crippen LogP contribution in [-0.2, 0) is 17.6 Å². The van der Waals surface area contributed by atoms with Crippen molar-refractivity contribution in [3.8, 4) is 17.2 Å². The van der Waals surface area contributed by atoms with Gasteiger partial charge in [0.05, 0.1) is 38.7 Å². The fraction of sp³-hybridized carbons (Fsp3) is 0.240. The molecule has 0 bridgehead atoms. The molecule has 8 nitrogen and oxygen atoms in total. The largest absolute Gasteiger partial charge is 0.493 e. The second kappa shape index (κ2) is 11.0. The third-order valence-corrected chi connectivity index (χ3v) is 5.23. The third kappa shape index (κ3) is 6.00. The van der Waals surface area contributed by atoms with Crippen molar-refractivity contribution in [2.75, 3.05) is 21.3 Å². The van der Waals surface area contributed by atoms with Crippen molar-refractivity contribution < 1.29 is 23.9 Å². The summed E-state index contributed by atoms with van der Waals surface area (Å²) in [5.74, 6) is 1.08. The fourth-order valence-electron chi connectivity index (χ4n) is 3.59. The van der Waals surface area contributed by atoms with Crippen molar-refractivity contribution in [2.24, 2.45) is 0 Å². The van der Waals surface area contributed by atoms with Crippen LogP contribution in [0.5, 0.6) is 17.2 Å². The molecule has 0 spiro atoms. The summed E-state index contributed by atoms with van der Waals surface area (Å²) in [5.41, 5.74) is 2.37. The van der Waals surface area contributed by atoms with Gasteiger partial charge in [0.2, 0.25) is 5.91 Å².